The maximum Gasteiger partial charge on any atom is 0.323 e. The van der Waals surface area contributed by atoms with E-state index in [9.17, 15) is 44.4 Å². The lowest BCUT2D eigenvalue weighted by molar-refractivity contribution is -0.140. The average Bonchev–Trinajstić information content (AvgIpc) is 2.90. The third-order valence-electron chi connectivity index (χ3n) is 7.92. The van der Waals surface area contributed by atoms with E-state index >= 15 is 0 Å². The van der Waals surface area contributed by atoms with Crippen LogP contribution in [0.4, 0.5) is 5.69 Å². The molecule has 4 N–H and O–H groups in total. The van der Waals surface area contributed by atoms with E-state index in [2.05, 4.69) is 0 Å². The zero-order valence-corrected chi connectivity index (χ0v) is 28.0. The van der Waals surface area contributed by atoms with E-state index in [1.165, 1.54) is 4.90 Å². The molecule has 1 fully saturated rings. The second kappa shape index (κ2) is 16.8. The third kappa shape index (κ3) is 13.0. The molecule has 0 unspecified atom stereocenters. The van der Waals surface area contributed by atoms with Gasteiger partial charge in [0.2, 0.25) is 5.91 Å². The standard InChI is InChI=1S/C32H51N5O9/c1-31(2,3)23-7-8-24(32(4,5)6)25(17-23)37(22-30(45)46)26(38)18-33-9-11-34(19-27(39)40)13-15-36(21-29(43)44)16-14-35(12-10-33)20-28(41)42/h7-8,17H,9-16,18-22H2,1-6H3,(H,39,40)(H,41,42)(H,43,44)(H,45,46). The first-order chi connectivity index (χ1) is 21.3. The van der Waals surface area contributed by atoms with E-state index in [4.69, 9.17) is 0 Å². The number of amides is 1. The van der Waals surface area contributed by atoms with Crippen LogP contribution in [-0.4, -0.2) is 155 Å². The first kappa shape index (κ1) is 38.6. The van der Waals surface area contributed by atoms with E-state index in [-0.39, 0.29) is 84.0 Å². The Labute approximate surface area is 271 Å². The molecule has 1 amide bonds. The number of nitrogens with zero attached hydrogens (tertiary/aromatic N) is 5. The Kier molecular flexibility index (Phi) is 14.1. The summed E-state index contributed by atoms with van der Waals surface area (Å²) in [5.74, 6) is -4.76. The Bertz CT molecular complexity index is 1210. The monoisotopic (exact) mass is 649 g/mol. The van der Waals surface area contributed by atoms with Gasteiger partial charge < -0.3 is 20.4 Å². The topological polar surface area (TPSA) is 182 Å². The number of anilines is 1. The lowest BCUT2D eigenvalue weighted by Gasteiger charge is -2.35. The molecule has 1 aliphatic rings. The van der Waals surface area contributed by atoms with Crippen molar-refractivity contribution in [2.24, 2.45) is 0 Å². The summed E-state index contributed by atoms with van der Waals surface area (Å²) in [5.41, 5.74) is 1.60. The fourth-order valence-corrected chi connectivity index (χ4v) is 5.36. The predicted octanol–water partition coefficient (Wildman–Crippen LogP) is 1.17. The van der Waals surface area contributed by atoms with E-state index in [0.29, 0.717) is 5.69 Å². The number of carboxylic acids is 4. The molecular formula is C32H51N5O9. The lowest BCUT2D eigenvalue weighted by Crippen LogP contribution is -2.50. The highest BCUT2D eigenvalue weighted by Crippen LogP contribution is 2.36. The summed E-state index contributed by atoms with van der Waals surface area (Å²) in [7, 11) is 0. The molecular weight excluding hydrogens is 598 g/mol. The molecule has 1 heterocycles. The fraction of sp³-hybridized carbons (Fsp3) is 0.656. The Morgan fingerprint density at radius 1 is 0.587 bits per heavy atom. The van der Waals surface area contributed by atoms with Gasteiger partial charge in [0.25, 0.3) is 0 Å². The second-order valence-corrected chi connectivity index (χ2v) is 13.9. The maximum absolute atomic E-state index is 14.1. The quantitative estimate of drug-likeness (QED) is 0.268. The molecule has 14 heteroatoms. The summed E-state index contributed by atoms with van der Waals surface area (Å²) >= 11 is 0. The van der Waals surface area contributed by atoms with Crippen molar-refractivity contribution >= 4 is 35.5 Å². The van der Waals surface area contributed by atoms with E-state index in [1.807, 2.05) is 59.7 Å². The van der Waals surface area contributed by atoms with Gasteiger partial charge in [-0.25, -0.2) is 0 Å². The molecule has 0 saturated carbocycles. The predicted molar refractivity (Wildman–Crippen MR) is 172 cm³/mol. The number of hydrogen-bond donors (Lipinski definition) is 4. The zero-order chi connectivity index (χ0) is 34.8. The van der Waals surface area contributed by atoms with Gasteiger partial charge >= 0.3 is 23.9 Å². The van der Waals surface area contributed by atoms with Gasteiger partial charge in [-0.3, -0.25) is 48.5 Å². The first-order valence-electron chi connectivity index (χ1n) is 15.5. The van der Waals surface area contributed by atoms with Crippen molar-refractivity contribution in [2.75, 3.05) is 90.0 Å². The summed E-state index contributed by atoms with van der Waals surface area (Å²) in [6, 6.07) is 5.81. The SMILES string of the molecule is CC(C)(C)c1ccc(C(C)(C)C)c(N(CC(=O)O)C(=O)CN2CCN(CC(=O)O)CCN(CC(=O)O)CCN(CC(=O)O)CC2)c1. The Balaban J connectivity index is 2.47. The van der Waals surface area contributed by atoms with Crippen LogP contribution in [0.3, 0.4) is 0 Å². The van der Waals surface area contributed by atoms with Crippen LogP contribution in [-0.2, 0) is 34.8 Å². The molecule has 0 aromatic heterocycles. The maximum atomic E-state index is 14.1. The Morgan fingerprint density at radius 3 is 1.26 bits per heavy atom. The Morgan fingerprint density at radius 2 is 0.957 bits per heavy atom. The summed E-state index contributed by atoms with van der Waals surface area (Å²) in [5, 5.41) is 38.2. The molecule has 0 radical (unpaired) electrons. The summed E-state index contributed by atoms with van der Waals surface area (Å²) < 4.78 is 0. The second-order valence-electron chi connectivity index (χ2n) is 13.9. The normalized spacial score (nSPS) is 17.1. The fourth-order valence-electron chi connectivity index (χ4n) is 5.36. The molecule has 0 atom stereocenters. The molecule has 1 aromatic rings. The number of carboxylic acid groups (broad SMARTS) is 4. The van der Waals surface area contributed by atoms with Gasteiger partial charge in [-0.05, 0) is 28.0 Å². The van der Waals surface area contributed by atoms with Crippen molar-refractivity contribution in [3.8, 4) is 0 Å². The van der Waals surface area contributed by atoms with Crippen LogP contribution in [0.1, 0.15) is 52.7 Å². The van der Waals surface area contributed by atoms with Crippen LogP contribution >= 0.6 is 0 Å². The average molecular weight is 650 g/mol. The van der Waals surface area contributed by atoms with Gasteiger partial charge in [0.05, 0.1) is 26.2 Å². The van der Waals surface area contributed by atoms with Crippen molar-refractivity contribution < 1.29 is 44.4 Å². The number of rotatable bonds is 11. The minimum Gasteiger partial charge on any atom is -0.480 e. The summed E-state index contributed by atoms with van der Waals surface area (Å²) in [4.78, 5) is 68.9. The van der Waals surface area contributed by atoms with Gasteiger partial charge in [0.1, 0.15) is 6.54 Å². The number of carbonyl (C=O) groups excluding carboxylic acids is 1. The number of benzene rings is 1. The van der Waals surface area contributed by atoms with E-state index in [0.717, 1.165) is 11.1 Å². The summed E-state index contributed by atoms with van der Waals surface area (Å²) in [6.45, 7) is 12.5. The van der Waals surface area contributed by atoms with Crippen molar-refractivity contribution in [3.05, 3.63) is 29.3 Å². The van der Waals surface area contributed by atoms with E-state index < -0.39 is 41.7 Å². The zero-order valence-electron chi connectivity index (χ0n) is 28.0. The molecule has 1 aromatic carbocycles. The number of hydrogen-bond acceptors (Lipinski definition) is 9. The van der Waals surface area contributed by atoms with Gasteiger partial charge in [-0.1, -0.05) is 53.7 Å². The molecule has 0 aliphatic carbocycles. The minimum absolute atomic E-state index is 0.177. The molecule has 0 spiro atoms. The molecule has 2 rings (SSSR count). The minimum atomic E-state index is -1.17. The smallest absolute Gasteiger partial charge is 0.323 e. The van der Waals surface area contributed by atoms with Crippen molar-refractivity contribution in [1.82, 2.24) is 19.6 Å². The van der Waals surface area contributed by atoms with Crippen LogP contribution in [0.25, 0.3) is 0 Å². The lowest BCUT2D eigenvalue weighted by atomic mass is 9.80. The van der Waals surface area contributed by atoms with Crippen molar-refractivity contribution in [1.29, 1.82) is 0 Å². The highest BCUT2D eigenvalue weighted by Gasteiger charge is 2.30. The van der Waals surface area contributed by atoms with Crippen LogP contribution in [0, 0.1) is 0 Å². The van der Waals surface area contributed by atoms with Crippen molar-refractivity contribution in [3.63, 3.8) is 0 Å². The van der Waals surface area contributed by atoms with Crippen LogP contribution in [0.2, 0.25) is 0 Å². The number of carbonyl (C=O) groups is 5. The summed E-state index contributed by atoms with van der Waals surface area (Å²) in [6.07, 6.45) is 0. The number of aliphatic carboxylic acids is 4. The van der Waals surface area contributed by atoms with Crippen LogP contribution in [0.5, 0.6) is 0 Å². The van der Waals surface area contributed by atoms with Gasteiger partial charge in [-0.15, -0.1) is 0 Å². The van der Waals surface area contributed by atoms with E-state index in [1.54, 1.807) is 19.6 Å². The molecule has 1 aliphatic heterocycles. The highest BCUT2D eigenvalue weighted by atomic mass is 16.4. The van der Waals surface area contributed by atoms with Gasteiger partial charge in [-0.2, -0.15) is 0 Å². The van der Waals surface area contributed by atoms with Crippen LogP contribution < -0.4 is 4.90 Å². The molecule has 0 bridgehead atoms. The van der Waals surface area contributed by atoms with Gasteiger partial charge in [0.15, 0.2) is 0 Å². The Hall–Kier alpha value is -3.59. The molecule has 258 valence electrons. The first-order valence-corrected chi connectivity index (χ1v) is 15.5. The molecule has 46 heavy (non-hydrogen) atoms. The largest absolute Gasteiger partial charge is 0.480 e. The van der Waals surface area contributed by atoms with Crippen LogP contribution in [0.15, 0.2) is 18.2 Å². The highest BCUT2D eigenvalue weighted by molar-refractivity contribution is 5.99. The van der Waals surface area contributed by atoms with Crippen molar-refractivity contribution in [2.45, 2.75) is 52.4 Å². The third-order valence-corrected chi connectivity index (χ3v) is 7.92. The van der Waals surface area contributed by atoms with Gasteiger partial charge in [0, 0.05) is 58.0 Å². The molecule has 14 nitrogen and oxygen atoms in total. The molecule has 1 saturated heterocycles.